The van der Waals surface area contributed by atoms with Crippen LogP contribution < -0.4 is 0 Å². The molecule has 0 N–H and O–H groups in total. The molecule has 128 valence electrons. The van der Waals surface area contributed by atoms with Gasteiger partial charge in [-0.3, -0.25) is 4.79 Å². The summed E-state index contributed by atoms with van der Waals surface area (Å²) in [6.45, 7) is -0.428. The lowest BCUT2D eigenvalue weighted by Gasteiger charge is -2.38. The van der Waals surface area contributed by atoms with Gasteiger partial charge in [-0.1, -0.05) is 42.5 Å². The highest BCUT2D eigenvalue weighted by Gasteiger charge is 2.39. The van der Waals surface area contributed by atoms with E-state index in [1.807, 2.05) is 0 Å². The molecule has 0 bridgehead atoms. The molecule has 0 aliphatic heterocycles. The fraction of sp³-hybridized carbons (Fsp3) is 0.471. The van der Waals surface area contributed by atoms with Gasteiger partial charge in [-0.05, 0) is 31.0 Å². The van der Waals surface area contributed by atoms with Crippen molar-refractivity contribution in [3.8, 4) is 6.07 Å². The zero-order valence-electron chi connectivity index (χ0n) is 13.3. The van der Waals surface area contributed by atoms with E-state index >= 15 is 0 Å². The molecule has 0 atom stereocenters. The van der Waals surface area contributed by atoms with Crippen LogP contribution >= 0.6 is 23.2 Å². The summed E-state index contributed by atoms with van der Waals surface area (Å²) < 4.78 is 5.04. The molecule has 24 heavy (non-hydrogen) atoms. The maximum absolute atomic E-state index is 12.3. The number of benzene rings is 1. The number of halogens is 2. The van der Waals surface area contributed by atoms with Gasteiger partial charge in [-0.25, -0.2) is 4.79 Å². The summed E-state index contributed by atoms with van der Waals surface area (Å²) in [7, 11) is 1.58. The molecule has 1 aromatic carbocycles. The lowest BCUT2D eigenvalue weighted by molar-refractivity contribution is -0.138. The molecule has 7 heteroatoms. The number of carbonyl (C=O) groups excluding carboxylic acids is 2. The van der Waals surface area contributed by atoms with Gasteiger partial charge >= 0.3 is 5.97 Å². The second kappa shape index (κ2) is 7.87. The van der Waals surface area contributed by atoms with E-state index < -0.39 is 24.0 Å². The monoisotopic (exact) mass is 368 g/mol. The smallest absolute Gasteiger partial charge is 0.338 e. The summed E-state index contributed by atoms with van der Waals surface area (Å²) >= 11 is 11.7. The number of ether oxygens (including phenoxy) is 1. The Morgan fingerprint density at radius 3 is 2.33 bits per heavy atom. The normalized spacial score (nSPS) is 16.1. The number of nitriles is 1. The van der Waals surface area contributed by atoms with E-state index in [2.05, 4.69) is 6.07 Å². The minimum absolute atomic E-state index is 0.176. The molecule has 1 aliphatic carbocycles. The van der Waals surface area contributed by atoms with Crippen molar-refractivity contribution in [1.82, 2.24) is 4.90 Å². The van der Waals surface area contributed by atoms with Crippen LogP contribution in [0.25, 0.3) is 0 Å². The second-order valence-electron chi connectivity index (χ2n) is 5.89. The van der Waals surface area contributed by atoms with Gasteiger partial charge in [0, 0.05) is 17.1 Å². The van der Waals surface area contributed by atoms with Crippen LogP contribution in [-0.2, 0) is 9.53 Å². The van der Waals surface area contributed by atoms with Crippen LogP contribution in [0.2, 0.25) is 10.0 Å². The molecule has 1 amide bonds. The number of amides is 1. The quantitative estimate of drug-likeness (QED) is 0.757. The largest absolute Gasteiger partial charge is 0.452 e. The molecule has 5 nitrogen and oxygen atoms in total. The van der Waals surface area contributed by atoms with E-state index in [1.165, 1.54) is 23.1 Å². The SMILES string of the molecule is CN(C(=O)COC(=O)c1cc(Cl)cc(Cl)c1)C1(C#N)CCCCC1. The fourth-order valence-electron chi connectivity index (χ4n) is 2.88. The molecule has 0 unspecified atom stereocenters. The summed E-state index contributed by atoms with van der Waals surface area (Å²) in [4.78, 5) is 25.8. The van der Waals surface area contributed by atoms with Crippen molar-refractivity contribution in [2.75, 3.05) is 13.7 Å². The molecule has 1 saturated carbocycles. The number of hydrogen-bond donors (Lipinski definition) is 0. The van der Waals surface area contributed by atoms with Gasteiger partial charge in [0.05, 0.1) is 11.6 Å². The first-order valence-corrected chi connectivity index (χ1v) is 8.45. The number of likely N-dealkylation sites (N-methyl/N-ethyl adjacent to an activating group) is 1. The number of hydrogen-bond acceptors (Lipinski definition) is 4. The summed E-state index contributed by atoms with van der Waals surface area (Å²) in [6.07, 6.45) is 4.17. The van der Waals surface area contributed by atoms with Crippen molar-refractivity contribution in [2.24, 2.45) is 0 Å². The maximum atomic E-state index is 12.3. The summed E-state index contributed by atoms with van der Waals surface area (Å²) in [5, 5.41) is 10.1. The van der Waals surface area contributed by atoms with Crippen LogP contribution in [0.3, 0.4) is 0 Å². The summed E-state index contributed by atoms with van der Waals surface area (Å²) in [5.74, 6) is -1.09. The number of nitrogens with zero attached hydrogens (tertiary/aromatic N) is 2. The molecule has 1 fully saturated rings. The zero-order valence-corrected chi connectivity index (χ0v) is 14.9. The van der Waals surface area contributed by atoms with Crippen LogP contribution in [0.1, 0.15) is 42.5 Å². The molecule has 0 spiro atoms. The Labute approximate surface area is 151 Å². The molecule has 0 aromatic heterocycles. The molecule has 0 heterocycles. The average Bonchev–Trinajstić information content (AvgIpc) is 2.58. The predicted molar refractivity (Wildman–Crippen MR) is 90.9 cm³/mol. The van der Waals surface area contributed by atoms with Crippen molar-refractivity contribution in [3.05, 3.63) is 33.8 Å². The van der Waals surface area contributed by atoms with E-state index in [9.17, 15) is 14.9 Å². The van der Waals surface area contributed by atoms with Crippen LogP contribution in [0, 0.1) is 11.3 Å². The first-order valence-electron chi connectivity index (χ1n) is 7.69. The van der Waals surface area contributed by atoms with E-state index in [-0.39, 0.29) is 5.56 Å². The highest BCUT2D eigenvalue weighted by Crippen LogP contribution is 2.32. The number of esters is 1. The van der Waals surface area contributed by atoms with Gasteiger partial charge in [0.1, 0.15) is 5.54 Å². The van der Waals surface area contributed by atoms with E-state index in [0.717, 1.165) is 19.3 Å². The standard InChI is InChI=1S/C17H18Cl2N2O3/c1-21(17(11-20)5-3-2-4-6-17)15(22)10-24-16(23)12-7-13(18)9-14(19)8-12/h7-9H,2-6,10H2,1H3. The Morgan fingerprint density at radius 2 is 1.79 bits per heavy atom. The molecule has 1 aromatic rings. The Hall–Kier alpha value is -1.77. The molecule has 1 aliphatic rings. The molecule has 0 saturated heterocycles. The second-order valence-corrected chi connectivity index (χ2v) is 6.76. The van der Waals surface area contributed by atoms with Crippen molar-refractivity contribution in [3.63, 3.8) is 0 Å². The van der Waals surface area contributed by atoms with Gasteiger partial charge in [-0.15, -0.1) is 0 Å². The third kappa shape index (κ3) is 4.19. The van der Waals surface area contributed by atoms with E-state index in [4.69, 9.17) is 27.9 Å². The van der Waals surface area contributed by atoms with Crippen LogP contribution in [0.4, 0.5) is 0 Å². The van der Waals surface area contributed by atoms with Crippen LogP contribution in [0.15, 0.2) is 18.2 Å². The van der Waals surface area contributed by atoms with Gasteiger partial charge in [-0.2, -0.15) is 5.26 Å². The average molecular weight is 369 g/mol. The van der Waals surface area contributed by atoms with Crippen molar-refractivity contribution >= 4 is 35.1 Å². The maximum Gasteiger partial charge on any atom is 0.338 e. The Bertz CT molecular complexity index is 659. The summed E-state index contributed by atoms with van der Waals surface area (Å²) in [5.41, 5.74) is -0.628. The van der Waals surface area contributed by atoms with E-state index in [0.29, 0.717) is 22.9 Å². The minimum Gasteiger partial charge on any atom is -0.452 e. The highest BCUT2D eigenvalue weighted by molar-refractivity contribution is 6.35. The Kier molecular flexibility index (Phi) is 6.09. The van der Waals surface area contributed by atoms with Crippen LogP contribution in [-0.4, -0.2) is 36.0 Å². The third-order valence-corrected chi connectivity index (χ3v) is 4.77. The zero-order chi connectivity index (χ0) is 17.7. The lowest BCUT2D eigenvalue weighted by atomic mass is 9.81. The number of carbonyl (C=O) groups is 2. The first kappa shape index (κ1) is 18.6. The van der Waals surface area contributed by atoms with E-state index in [1.54, 1.807) is 7.05 Å². The molecular formula is C17H18Cl2N2O3. The van der Waals surface area contributed by atoms with Crippen molar-refractivity contribution in [1.29, 1.82) is 5.26 Å². The summed E-state index contributed by atoms with van der Waals surface area (Å²) in [6, 6.07) is 6.60. The molecular weight excluding hydrogens is 351 g/mol. The molecule has 0 radical (unpaired) electrons. The predicted octanol–water partition coefficient (Wildman–Crippen LogP) is 3.84. The highest BCUT2D eigenvalue weighted by atomic mass is 35.5. The van der Waals surface area contributed by atoms with Crippen molar-refractivity contribution < 1.29 is 14.3 Å². The van der Waals surface area contributed by atoms with Gasteiger partial charge < -0.3 is 9.64 Å². The van der Waals surface area contributed by atoms with Crippen molar-refractivity contribution in [2.45, 2.75) is 37.6 Å². The Morgan fingerprint density at radius 1 is 1.21 bits per heavy atom. The number of rotatable bonds is 4. The van der Waals surface area contributed by atoms with Gasteiger partial charge in [0.25, 0.3) is 5.91 Å². The Balaban J connectivity index is 1.99. The third-order valence-electron chi connectivity index (χ3n) is 4.33. The first-order chi connectivity index (χ1) is 11.4. The van der Waals surface area contributed by atoms with Gasteiger partial charge in [0.2, 0.25) is 0 Å². The lowest BCUT2D eigenvalue weighted by Crippen LogP contribution is -2.51. The fourth-order valence-corrected chi connectivity index (χ4v) is 3.40. The van der Waals surface area contributed by atoms with Gasteiger partial charge in [0.15, 0.2) is 6.61 Å². The minimum atomic E-state index is -0.804. The van der Waals surface area contributed by atoms with Crippen LogP contribution in [0.5, 0.6) is 0 Å². The topological polar surface area (TPSA) is 70.4 Å². The molecule has 2 rings (SSSR count).